The van der Waals surface area contributed by atoms with E-state index in [0.717, 1.165) is 46.5 Å². The SMILES string of the molecule is COc1cc(CC(=O)N2CCCc3cc([C@@H](C)CC(=O)O)ccc32)ccc1NC(=O)Nc1ccccc1C. The molecule has 1 atom stereocenters. The van der Waals surface area contributed by atoms with Gasteiger partial charge in [-0.05, 0) is 72.2 Å². The van der Waals surface area contributed by atoms with Crippen LogP contribution in [-0.4, -0.2) is 36.7 Å². The summed E-state index contributed by atoms with van der Waals surface area (Å²) in [4.78, 5) is 38.8. The molecule has 198 valence electrons. The lowest BCUT2D eigenvalue weighted by atomic mass is 9.92. The van der Waals surface area contributed by atoms with Crippen molar-refractivity contribution in [3.8, 4) is 5.75 Å². The zero-order chi connectivity index (χ0) is 27.2. The fraction of sp³-hybridized carbons (Fsp3) is 0.300. The van der Waals surface area contributed by atoms with Crippen molar-refractivity contribution in [2.45, 2.75) is 45.4 Å². The number of amides is 3. The van der Waals surface area contributed by atoms with Crippen LogP contribution in [0.25, 0.3) is 0 Å². The second kappa shape index (κ2) is 11.8. The number of anilines is 3. The number of fused-ring (bicyclic) bond motifs is 1. The van der Waals surface area contributed by atoms with Crippen molar-refractivity contribution in [1.29, 1.82) is 0 Å². The highest BCUT2D eigenvalue weighted by Gasteiger charge is 2.24. The van der Waals surface area contributed by atoms with Gasteiger partial charge in [0.25, 0.3) is 0 Å². The summed E-state index contributed by atoms with van der Waals surface area (Å²) >= 11 is 0. The Labute approximate surface area is 222 Å². The van der Waals surface area contributed by atoms with E-state index < -0.39 is 5.97 Å². The molecule has 0 saturated carbocycles. The van der Waals surface area contributed by atoms with Gasteiger partial charge in [0.05, 0.1) is 25.6 Å². The molecule has 0 radical (unpaired) electrons. The van der Waals surface area contributed by atoms with Crippen LogP contribution in [0.1, 0.15) is 47.9 Å². The van der Waals surface area contributed by atoms with E-state index in [9.17, 15) is 14.4 Å². The van der Waals surface area contributed by atoms with Crippen molar-refractivity contribution in [3.63, 3.8) is 0 Å². The minimum Gasteiger partial charge on any atom is -0.495 e. The first kappa shape index (κ1) is 26.7. The summed E-state index contributed by atoms with van der Waals surface area (Å²) < 4.78 is 5.50. The van der Waals surface area contributed by atoms with Gasteiger partial charge >= 0.3 is 12.0 Å². The Morgan fingerprint density at radius 2 is 1.79 bits per heavy atom. The molecule has 4 rings (SSSR count). The molecule has 1 heterocycles. The second-order valence-electron chi connectivity index (χ2n) is 9.64. The number of carbonyl (C=O) groups excluding carboxylic acids is 2. The monoisotopic (exact) mass is 515 g/mol. The molecule has 38 heavy (non-hydrogen) atoms. The van der Waals surface area contributed by atoms with Crippen LogP contribution in [0.4, 0.5) is 21.9 Å². The lowest BCUT2D eigenvalue weighted by Gasteiger charge is -2.30. The van der Waals surface area contributed by atoms with E-state index in [1.807, 2.05) is 62.4 Å². The van der Waals surface area contributed by atoms with Crippen molar-refractivity contribution in [2.24, 2.45) is 0 Å². The predicted octanol–water partition coefficient (Wildman–Crippen LogP) is 5.75. The van der Waals surface area contributed by atoms with Crippen molar-refractivity contribution >= 4 is 35.0 Å². The summed E-state index contributed by atoms with van der Waals surface area (Å²) in [5.41, 5.74) is 5.86. The van der Waals surface area contributed by atoms with Crippen molar-refractivity contribution < 1.29 is 24.2 Å². The average Bonchev–Trinajstić information content (AvgIpc) is 2.89. The van der Waals surface area contributed by atoms with Crippen LogP contribution in [0.3, 0.4) is 0 Å². The number of carboxylic acid groups (broad SMARTS) is 1. The van der Waals surface area contributed by atoms with Crippen LogP contribution in [-0.2, 0) is 22.4 Å². The predicted molar refractivity (Wildman–Crippen MR) is 148 cm³/mol. The summed E-state index contributed by atoms with van der Waals surface area (Å²) in [5, 5.41) is 14.8. The fourth-order valence-electron chi connectivity index (χ4n) is 4.77. The summed E-state index contributed by atoms with van der Waals surface area (Å²) in [6.07, 6.45) is 1.95. The number of nitrogens with zero attached hydrogens (tertiary/aromatic N) is 1. The van der Waals surface area contributed by atoms with Gasteiger partial charge < -0.3 is 25.4 Å². The summed E-state index contributed by atoms with van der Waals surface area (Å²) in [7, 11) is 1.52. The fourth-order valence-corrected chi connectivity index (χ4v) is 4.77. The van der Waals surface area contributed by atoms with Gasteiger partial charge in [0.15, 0.2) is 0 Å². The Morgan fingerprint density at radius 3 is 2.53 bits per heavy atom. The van der Waals surface area contributed by atoms with Gasteiger partial charge in [-0.3, -0.25) is 9.59 Å². The van der Waals surface area contributed by atoms with E-state index in [0.29, 0.717) is 18.0 Å². The summed E-state index contributed by atoms with van der Waals surface area (Å²) in [6, 6.07) is 18.3. The van der Waals surface area contributed by atoms with E-state index in [1.165, 1.54) is 7.11 Å². The topological polar surface area (TPSA) is 108 Å². The molecule has 3 aromatic rings. The van der Waals surface area contributed by atoms with Crippen LogP contribution in [0.2, 0.25) is 0 Å². The minimum absolute atomic E-state index is 0.0302. The standard InChI is InChI=1S/C30H33N3O5/c1-19-7-4-5-9-24(19)31-30(37)32-25-12-10-21(16-27(25)38-3)17-28(34)33-14-6-8-23-18-22(11-13-26(23)33)20(2)15-29(35)36/h4-5,7,9-13,16,18,20H,6,8,14-15,17H2,1-3H3,(H,35,36)(H2,31,32,37)/t20-/m0/s1. The first-order valence-electron chi connectivity index (χ1n) is 12.7. The molecule has 1 aliphatic heterocycles. The molecule has 3 aromatic carbocycles. The molecule has 3 N–H and O–H groups in total. The summed E-state index contributed by atoms with van der Waals surface area (Å²) in [6.45, 7) is 4.45. The number of ether oxygens (including phenoxy) is 1. The lowest BCUT2D eigenvalue weighted by Crippen LogP contribution is -2.36. The normalized spacial score (nSPS) is 13.3. The zero-order valence-corrected chi connectivity index (χ0v) is 21.9. The van der Waals surface area contributed by atoms with Crippen molar-refractivity contribution in [3.05, 3.63) is 82.9 Å². The highest BCUT2D eigenvalue weighted by atomic mass is 16.5. The minimum atomic E-state index is -0.824. The first-order chi connectivity index (χ1) is 18.2. The molecule has 8 heteroatoms. The molecule has 1 aliphatic rings. The van der Waals surface area contributed by atoms with Crippen LogP contribution in [0, 0.1) is 6.92 Å². The van der Waals surface area contributed by atoms with Gasteiger partial charge in [-0.25, -0.2) is 4.79 Å². The van der Waals surface area contributed by atoms with Crippen LogP contribution in [0.15, 0.2) is 60.7 Å². The third-order valence-electron chi connectivity index (χ3n) is 6.84. The Kier molecular flexibility index (Phi) is 8.31. The number of para-hydroxylation sites is 1. The smallest absolute Gasteiger partial charge is 0.323 e. The van der Waals surface area contributed by atoms with Gasteiger partial charge in [-0.1, -0.05) is 43.3 Å². The Balaban J connectivity index is 1.45. The Bertz CT molecular complexity index is 1350. The van der Waals surface area contributed by atoms with Crippen LogP contribution in [0.5, 0.6) is 5.75 Å². The van der Waals surface area contributed by atoms with E-state index in [1.54, 1.807) is 17.0 Å². The molecule has 0 spiro atoms. The van der Waals surface area contributed by atoms with Gasteiger partial charge in [0, 0.05) is 17.9 Å². The number of urea groups is 1. The molecule has 0 aliphatic carbocycles. The molecule has 8 nitrogen and oxygen atoms in total. The number of methoxy groups -OCH3 is 1. The van der Waals surface area contributed by atoms with Crippen LogP contribution < -0.4 is 20.3 Å². The van der Waals surface area contributed by atoms with Gasteiger partial charge in [-0.2, -0.15) is 0 Å². The average molecular weight is 516 g/mol. The van der Waals surface area contributed by atoms with Crippen molar-refractivity contribution in [1.82, 2.24) is 0 Å². The number of hydrogen-bond donors (Lipinski definition) is 3. The maximum Gasteiger partial charge on any atom is 0.323 e. The summed E-state index contributed by atoms with van der Waals surface area (Å²) in [5.74, 6) is -0.485. The molecule has 3 amide bonds. The number of carboxylic acids is 1. The number of hydrogen-bond acceptors (Lipinski definition) is 4. The number of carbonyl (C=O) groups is 3. The molecule has 0 bridgehead atoms. The van der Waals surface area contributed by atoms with E-state index >= 15 is 0 Å². The first-order valence-corrected chi connectivity index (χ1v) is 12.7. The lowest BCUT2D eigenvalue weighted by molar-refractivity contribution is -0.137. The number of aliphatic carboxylic acids is 1. The van der Waals surface area contributed by atoms with Crippen LogP contribution >= 0.6 is 0 Å². The number of rotatable bonds is 8. The highest BCUT2D eigenvalue weighted by Crippen LogP contribution is 2.32. The van der Waals surface area contributed by atoms with E-state index in [2.05, 4.69) is 10.6 Å². The van der Waals surface area contributed by atoms with E-state index in [4.69, 9.17) is 9.84 Å². The van der Waals surface area contributed by atoms with E-state index in [-0.39, 0.29) is 30.7 Å². The zero-order valence-electron chi connectivity index (χ0n) is 21.9. The maximum atomic E-state index is 13.3. The maximum absolute atomic E-state index is 13.3. The third kappa shape index (κ3) is 6.32. The number of aryl methyl sites for hydroxylation is 2. The number of benzene rings is 3. The number of nitrogens with one attached hydrogen (secondary N) is 2. The quantitative estimate of drug-likeness (QED) is 0.354. The largest absolute Gasteiger partial charge is 0.495 e. The third-order valence-corrected chi connectivity index (χ3v) is 6.84. The Morgan fingerprint density at radius 1 is 1.03 bits per heavy atom. The molecular formula is C30H33N3O5. The van der Waals surface area contributed by atoms with Gasteiger partial charge in [0.1, 0.15) is 5.75 Å². The molecule has 0 saturated heterocycles. The molecule has 0 fully saturated rings. The van der Waals surface area contributed by atoms with Gasteiger partial charge in [0.2, 0.25) is 5.91 Å². The molecule has 0 aromatic heterocycles. The Hall–Kier alpha value is -4.33. The second-order valence-corrected chi connectivity index (χ2v) is 9.64. The highest BCUT2D eigenvalue weighted by molar-refractivity contribution is 6.01. The van der Waals surface area contributed by atoms with Gasteiger partial charge in [-0.15, -0.1) is 0 Å². The van der Waals surface area contributed by atoms with Crippen molar-refractivity contribution in [2.75, 3.05) is 29.2 Å². The molecular weight excluding hydrogens is 482 g/mol. The molecule has 0 unspecified atom stereocenters.